The summed E-state index contributed by atoms with van der Waals surface area (Å²) in [4.78, 5) is 8.04. The van der Waals surface area contributed by atoms with E-state index in [1.54, 1.807) is 7.11 Å². The molecule has 1 aliphatic carbocycles. The summed E-state index contributed by atoms with van der Waals surface area (Å²) in [5, 5.41) is 4.05. The van der Waals surface area contributed by atoms with Gasteiger partial charge in [0.1, 0.15) is 5.76 Å². The average molecular weight is 319 g/mol. The molecule has 120 valence electrons. The SMILES string of the molecule is COc1ccc2[nH]c3c(c2n1)CC=C=C/C(c1c(C)noc1C)=C\3. The van der Waals surface area contributed by atoms with Gasteiger partial charge in [0.25, 0.3) is 0 Å². The van der Waals surface area contributed by atoms with Crippen molar-refractivity contribution in [3.05, 3.63) is 58.3 Å². The van der Waals surface area contributed by atoms with Gasteiger partial charge in [0.2, 0.25) is 5.88 Å². The molecule has 0 saturated heterocycles. The number of aryl methyl sites for hydroxylation is 2. The topological polar surface area (TPSA) is 63.9 Å². The lowest BCUT2D eigenvalue weighted by atomic mass is 9.99. The summed E-state index contributed by atoms with van der Waals surface area (Å²) in [6.45, 7) is 3.87. The molecular weight excluding hydrogens is 302 g/mol. The van der Waals surface area contributed by atoms with Crippen molar-refractivity contribution in [2.45, 2.75) is 20.3 Å². The van der Waals surface area contributed by atoms with Crippen LogP contribution in [-0.2, 0) is 6.42 Å². The van der Waals surface area contributed by atoms with E-state index >= 15 is 0 Å². The molecule has 4 rings (SSSR count). The smallest absolute Gasteiger partial charge is 0.213 e. The Morgan fingerprint density at radius 3 is 2.92 bits per heavy atom. The van der Waals surface area contributed by atoms with Crippen molar-refractivity contribution in [3.63, 3.8) is 0 Å². The van der Waals surface area contributed by atoms with Gasteiger partial charge in [0.15, 0.2) is 0 Å². The van der Waals surface area contributed by atoms with E-state index in [1.807, 2.05) is 38.1 Å². The molecule has 3 aromatic rings. The third kappa shape index (κ3) is 2.27. The molecule has 0 aromatic carbocycles. The van der Waals surface area contributed by atoms with Crippen molar-refractivity contribution in [3.8, 4) is 5.88 Å². The monoisotopic (exact) mass is 319 g/mol. The predicted octanol–water partition coefficient (Wildman–Crippen LogP) is 3.98. The van der Waals surface area contributed by atoms with Crippen molar-refractivity contribution in [2.24, 2.45) is 0 Å². The Hall–Kier alpha value is -3.04. The number of pyridine rings is 1. The lowest BCUT2D eigenvalue weighted by Gasteiger charge is -2.04. The number of nitrogens with one attached hydrogen (secondary N) is 1. The van der Waals surface area contributed by atoms with E-state index in [2.05, 4.69) is 26.9 Å². The molecule has 0 aliphatic heterocycles. The summed E-state index contributed by atoms with van der Waals surface area (Å²) in [5.74, 6) is 1.41. The Balaban J connectivity index is 1.95. The van der Waals surface area contributed by atoms with Gasteiger partial charge in [-0.3, -0.25) is 0 Å². The van der Waals surface area contributed by atoms with Gasteiger partial charge in [-0.2, -0.15) is 0 Å². The Morgan fingerprint density at radius 1 is 1.29 bits per heavy atom. The van der Waals surface area contributed by atoms with E-state index in [0.29, 0.717) is 5.88 Å². The first-order valence-electron chi connectivity index (χ1n) is 7.79. The highest BCUT2D eigenvalue weighted by atomic mass is 16.5. The zero-order chi connectivity index (χ0) is 16.7. The first-order valence-corrected chi connectivity index (χ1v) is 7.79. The number of H-pyrrole nitrogens is 1. The molecule has 0 spiro atoms. The molecule has 0 unspecified atom stereocenters. The minimum absolute atomic E-state index is 0.612. The predicted molar refractivity (Wildman–Crippen MR) is 92.9 cm³/mol. The Morgan fingerprint density at radius 2 is 2.17 bits per heavy atom. The normalized spacial score (nSPS) is 15.7. The molecule has 3 heterocycles. The number of ether oxygens (including phenoxy) is 1. The second-order valence-corrected chi connectivity index (χ2v) is 5.79. The average Bonchev–Trinajstić information content (AvgIpc) is 3.06. The van der Waals surface area contributed by atoms with Gasteiger partial charge in [0.05, 0.1) is 23.8 Å². The van der Waals surface area contributed by atoms with Gasteiger partial charge in [-0.25, -0.2) is 4.98 Å². The molecule has 3 aromatic heterocycles. The second kappa shape index (κ2) is 5.55. The molecule has 5 heteroatoms. The molecule has 0 saturated carbocycles. The van der Waals surface area contributed by atoms with Gasteiger partial charge >= 0.3 is 0 Å². The maximum absolute atomic E-state index is 5.31. The molecule has 1 aliphatic rings. The van der Waals surface area contributed by atoms with Crippen LogP contribution < -0.4 is 4.74 Å². The number of rotatable bonds is 2. The van der Waals surface area contributed by atoms with Gasteiger partial charge in [0, 0.05) is 29.3 Å². The molecule has 1 N–H and O–H groups in total. The minimum atomic E-state index is 0.612. The molecule has 24 heavy (non-hydrogen) atoms. The summed E-state index contributed by atoms with van der Waals surface area (Å²) in [5.41, 5.74) is 10.2. The Kier molecular flexibility index (Phi) is 3.36. The zero-order valence-electron chi connectivity index (χ0n) is 13.8. The molecule has 5 nitrogen and oxygen atoms in total. The summed E-state index contributed by atoms with van der Waals surface area (Å²) in [6.07, 6.45) is 6.85. The standard InChI is InChI=1S/C19H17N3O2/c1-11-18(12(2)24-22-11)13-6-4-5-7-14-16(10-13)20-15-8-9-17(23-3)21-19(14)15/h5-6,8-10,20H,7H2,1-3H3/b13-10+. The third-order valence-corrected chi connectivity index (χ3v) is 4.24. The van der Waals surface area contributed by atoms with Crippen LogP contribution in [0.15, 0.2) is 34.5 Å². The van der Waals surface area contributed by atoms with Crippen molar-refractivity contribution < 1.29 is 9.26 Å². The molecule has 0 radical (unpaired) electrons. The van der Waals surface area contributed by atoms with E-state index in [0.717, 1.165) is 51.3 Å². The highest BCUT2D eigenvalue weighted by Crippen LogP contribution is 2.31. The van der Waals surface area contributed by atoms with Gasteiger partial charge < -0.3 is 14.2 Å². The van der Waals surface area contributed by atoms with Crippen molar-refractivity contribution in [1.29, 1.82) is 0 Å². The Bertz CT molecular complexity index is 1010. The first kappa shape index (κ1) is 14.5. The number of hydrogen-bond donors (Lipinski definition) is 1. The number of hydrogen-bond acceptors (Lipinski definition) is 4. The van der Waals surface area contributed by atoms with Crippen LogP contribution in [0.25, 0.3) is 22.7 Å². The first-order chi connectivity index (χ1) is 11.7. The van der Waals surface area contributed by atoms with E-state index in [9.17, 15) is 0 Å². The van der Waals surface area contributed by atoms with Crippen LogP contribution in [0.2, 0.25) is 0 Å². The maximum Gasteiger partial charge on any atom is 0.213 e. The van der Waals surface area contributed by atoms with E-state index in [4.69, 9.17) is 9.26 Å². The van der Waals surface area contributed by atoms with Crippen LogP contribution in [0.1, 0.15) is 28.3 Å². The molecule has 0 fully saturated rings. The fourth-order valence-electron chi connectivity index (χ4n) is 3.11. The van der Waals surface area contributed by atoms with Crippen LogP contribution in [0.5, 0.6) is 5.88 Å². The largest absolute Gasteiger partial charge is 0.481 e. The van der Waals surface area contributed by atoms with E-state index in [-0.39, 0.29) is 0 Å². The van der Waals surface area contributed by atoms with E-state index < -0.39 is 0 Å². The van der Waals surface area contributed by atoms with Crippen LogP contribution in [0.3, 0.4) is 0 Å². The fraction of sp³-hybridized carbons (Fsp3) is 0.211. The summed E-state index contributed by atoms with van der Waals surface area (Å²) < 4.78 is 10.6. The van der Waals surface area contributed by atoms with E-state index in [1.165, 1.54) is 0 Å². The highest BCUT2D eigenvalue weighted by molar-refractivity contribution is 5.93. The van der Waals surface area contributed by atoms with Crippen LogP contribution in [-0.4, -0.2) is 22.2 Å². The summed E-state index contributed by atoms with van der Waals surface area (Å²) in [7, 11) is 1.63. The van der Waals surface area contributed by atoms with Gasteiger partial charge in [-0.15, -0.1) is 5.73 Å². The maximum atomic E-state index is 5.31. The summed E-state index contributed by atoms with van der Waals surface area (Å²) >= 11 is 0. The van der Waals surface area contributed by atoms with Crippen molar-refractivity contribution >= 4 is 22.7 Å². The van der Waals surface area contributed by atoms with Crippen molar-refractivity contribution in [2.75, 3.05) is 7.11 Å². The number of aromatic amines is 1. The van der Waals surface area contributed by atoms with Crippen LogP contribution >= 0.6 is 0 Å². The molecular formula is C19H17N3O2. The zero-order valence-corrected chi connectivity index (χ0v) is 13.8. The number of aromatic nitrogens is 3. The molecule has 0 atom stereocenters. The minimum Gasteiger partial charge on any atom is -0.481 e. The van der Waals surface area contributed by atoms with Crippen LogP contribution in [0, 0.1) is 13.8 Å². The second-order valence-electron chi connectivity index (χ2n) is 5.79. The number of nitrogens with zero attached hydrogens (tertiary/aromatic N) is 2. The lowest BCUT2D eigenvalue weighted by Crippen LogP contribution is -1.91. The number of fused-ring (bicyclic) bond motifs is 3. The van der Waals surface area contributed by atoms with Gasteiger partial charge in [-0.05, 0) is 43.7 Å². The fourth-order valence-corrected chi connectivity index (χ4v) is 3.11. The molecule has 0 bridgehead atoms. The third-order valence-electron chi connectivity index (χ3n) is 4.24. The quantitative estimate of drug-likeness (QED) is 0.726. The summed E-state index contributed by atoms with van der Waals surface area (Å²) in [6, 6.07) is 3.85. The molecule has 0 amide bonds. The highest BCUT2D eigenvalue weighted by Gasteiger charge is 2.16. The Labute approximate surface area is 139 Å². The van der Waals surface area contributed by atoms with Crippen LogP contribution in [0.4, 0.5) is 0 Å². The van der Waals surface area contributed by atoms with Gasteiger partial charge in [-0.1, -0.05) is 5.16 Å². The van der Waals surface area contributed by atoms with Crippen molar-refractivity contribution in [1.82, 2.24) is 15.1 Å². The lowest BCUT2D eigenvalue weighted by molar-refractivity contribution is 0.393. The number of allylic oxidation sites excluding steroid dienone is 2. The number of methoxy groups -OCH3 is 1.